The highest BCUT2D eigenvalue weighted by atomic mass is 19.1. The fourth-order valence-electron chi connectivity index (χ4n) is 1.62. The van der Waals surface area contributed by atoms with Crippen LogP contribution in [0.4, 0.5) is 4.39 Å². The monoisotopic (exact) mass is 234 g/mol. The highest BCUT2D eigenvalue weighted by Gasteiger charge is 2.02. The molecule has 1 heterocycles. The van der Waals surface area contributed by atoms with E-state index in [1.165, 1.54) is 12.4 Å². The van der Waals surface area contributed by atoms with Gasteiger partial charge in [-0.25, -0.2) is 9.37 Å². The van der Waals surface area contributed by atoms with Crippen molar-refractivity contribution in [1.29, 1.82) is 0 Å². The summed E-state index contributed by atoms with van der Waals surface area (Å²) >= 11 is 0. The molecule has 0 aliphatic carbocycles. The van der Waals surface area contributed by atoms with Gasteiger partial charge in [-0.15, -0.1) is 0 Å². The molecule has 2 rings (SSSR count). The molecule has 0 aliphatic heterocycles. The van der Waals surface area contributed by atoms with Crippen molar-refractivity contribution in [2.45, 2.75) is 19.9 Å². The first-order chi connectivity index (χ1) is 8.25. The molecule has 5 heteroatoms. The van der Waals surface area contributed by atoms with E-state index >= 15 is 0 Å². The number of hydrogen-bond acceptors (Lipinski definition) is 3. The molecule has 17 heavy (non-hydrogen) atoms. The van der Waals surface area contributed by atoms with Crippen molar-refractivity contribution in [3.05, 3.63) is 47.3 Å². The lowest BCUT2D eigenvalue weighted by molar-refractivity contribution is 0.586. The first kappa shape index (κ1) is 11.7. The Hall–Kier alpha value is -1.75. The average molecular weight is 234 g/mol. The summed E-state index contributed by atoms with van der Waals surface area (Å²) in [5.41, 5.74) is 1.76. The number of aromatic nitrogens is 3. The Labute approximate surface area is 99.3 Å². The molecule has 2 aromatic rings. The second kappa shape index (κ2) is 5.54. The Kier molecular flexibility index (Phi) is 3.82. The van der Waals surface area contributed by atoms with Crippen LogP contribution in [0.5, 0.6) is 0 Å². The Morgan fingerprint density at radius 3 is 3.06 bits per heavy atom. The summed E-state index contributed by atoms with van der Waals surface area (Å²) in [5.74, 6) is 0.671. The van der Waals surface area contributed by atoms with Crippen LogP contribution < -0.4 is 5.32 Å². The fraction of sp³-hybridized carbons (Fsp3) is 0.333. The van der Waals surface area contributed by atoms with Gasteiger partial charge in [-0.1, -0.05) is 17.7 Å². The smallest absolute Gasteiger partial charge is 0.137 e. The standard InChI is InChI=1S/C12H15FN4/c1-9-2-3-11(13)10(6-9)7-14-5-4-12-15-8-16-17-12/h2-3,6,8,14H,4-5,7H2,1H3,(H,15,16,17). The number of nitrogens with one attached hydrogen (secondary N) is 2. The zero-order valence-corrected chi connectivity index (χ0v) is 9.70. The molecule has 0 amide bonds. The lowest BCUT2D eigenvalue weighted by Crippen LogP contribution is -2.18. The van der Waals surface area contributed by atoms with Gasteiger partial charge < -0.3 is 5.32 Å². The summed E-state index contributed by atoms with van der Waals surface area (Å²) in [6.45, 7) is 3.22. The lowest BCUT2D eigenvalue weighted by Gasteiger charge is -2.06. The summed E-state index contributed by atoms with van der Waals surface area (Å²) < 4.78 is 13.4. The minimum Gasteiger partial charge on any atom is -0.312 e. The molecule has 0 atom stereocenters. The molecular weight excluding hydrogens is 219 g/mol. The highest BCUT2D eigenvalue weighted by molar-refractivity contribution is 5.23. The van der Waals surface area contributed by atoms with E-state index in [4.69, 9.17) is 0 Å². The molecule has 0 fully saturated rings. The third-order valence-electron chi connectivity index (χ3n) is 2.52. The summed E-state index contributed by atoms with van der Waals surface area (Å²) in [7, 11) is 0. The fourth-order valence-corrected chi connectivity index (χ4v) is 1.62. The number of H-pyrrole nitrogens is 1. The van der Waals surface area contributed by atoms with E-state index in [-0.39, 0.29) is 5.82 Å². The van der Waals surface area contributed by atoms with Crippen LogP contribution in [-0.4, -0.2) is 21.7 Å². The summed E-state index contributed by atoms with van der Waals surface area (Å²) in [6.07, 6.45) is 2.24. The maximum Gasteiger partial charge on any atom is 0.137 e. The van der Waals surface area contributed by atoms with Crippen LogP contribution in [0.3, 0.4) is 0 Å². The number of aryl methyl sites for hydroxylation is 1. The van der Waals surface area contributed by atoms with Crippen molar-refractivity contribution in [2.75, 3.05) is 6.54 Å². The molecule has 0 bridgehead atoms. The number of rotatable bonds is 5. The third kappa shape index (κ3) is 3.35. The minimum absolute atomic E-state index is 0.164. The van der Waals surface area contributed by atoms with Gasteiger partial charge in [-0.3, -0.25) is 5.10 Å². The zero-order valence-electron chi connectivity index (χ0n) is 9.70. The van der Waals surface area contributed by atoms with Crippen LogP contribution in [0.15, 0.2) is 24.5 Å². The quantitative estimate of drug-likeness (QED) is 0.772. The molecule has 0 aliphatic rings. The van der Waals surface area contributed by atoms with Gasteiger partial charge in [0.1, 0.15) is 18.0 Å². The van der Waals surface area contributed by atoms with Crippen LogP contribution in [0, 0.1) is 12.7 Å². The lowest BCUT2D eigenvalue weighted by atomic mass is 10.1. The topological polar surface area (TPSA) is 53.6 Å². The van der Waals surface area contributed by atoms with E-state index in [1.807, 2.05) is 13.0 Å². The predicted molar refractivity (Wildman–Crippen MR) is 62.9 cm³/mol. The van der Waals surface area contributed by atoms with E-state index in [9.17, 15) is 4.39 Å². The van der Waals surface area contributed by atoms with Crippen molar-refractivity contribution in [3.8, 4) is 0 Å². The molecule has 1 aromatic carbocycles. The van der Waals surface area contributed by atoms with Gasteiger partial charge in [-0.05, 0) is 13.0 Å². The van der Waals surface area contributed by atoms with Crippen molar-refractivity contribution >= 4 is 0 Å². The van der Waals surface area contributed by atoms with Crippen molar-refractivity contribution in [3.63, 3.8) is 0 Å². The number of hydrogen-bond donors (Lipinski definition) is 2. The molecule has 0 saturated carbocycles. The van der Waals surface area contributed by atoms with Crippen molar-refractivity contribution < 1.29 is 4.39 Å². The van der Waals surface area contributed by atoms with E-state index < -0.39 is 0 Å². The van der Waals surface area contributed by atoms with E-state index in [1.54, 1.807) is 6.07 Å². The van der Waals surface area contributed by atoms with E-state index in [2.05, 4.69) is 20.5 Å². The molecule has 0 saturated heterocycles. The Morgan fingerprint density at radius 2 is 2.29 bits per heavy atom. The van der Waals surface area contributed by atoms with Gasteiger partial charge in [-0.2, -0.15) is 5.10 Å². The predicted octanol–water partition coefficient (Wildman–Crippen LogP) is 1.58. The second-order valence-electron chi connectivity index (χ2n) is 3.95. The van der Waals surface area contributed by atoms with Crippen LogP contribution in [0.1, 0.15) is 17.0 Å². The first-order valence-electron chi connectivity index (χ1n) is 5.55. The first-order valence-corrected chi connectivity index (χ1v) is 5.55. The normalized spacial score (nSPS) is 10.7. The van der Waals surface area contributed by atoms with Crippen LogP contribution >= 0.6 is 0 Å². The minimum atomic E-state index is -0.164. The van der Waals surface area contributed by atoms with Crippen LogP contribution in [-0.2, 0) is 13.0 Å². The van der Waals surface area contributed by atoms with Crippen molar-refractivity contribution in [1.82, 2.24) is 20.5 Å². The molecule has 90 valence electrons. The maximum atomic E-state index is 13.4. The molecule has 0 unspecified atom stereocenters. The average Bonchev–Trinajstić information content (AvgIpc) is 2.82. The maximum absolute atomic E-state index is 13.4. The molecule has 2 N–H and O–H groups in total. The zero-order chi connectivity index (χ0) is 12.1. The Bertz CT molecular complexity index is 467. The van der Waals surface area contributed by atoms with Crippen molar-refractivity contribution in [2.24, 2.45) is 0 Å². The van der Waals surface area contributed by atoms with Gasteiger partial charge in [0.2, 0.25) is 0 Å². The van der Waals surface area contributed by atoms with E-state index in [0.29, 0.717) is 12.1 Å². The van der Waals surface area contributed by atoms with Gasteiger partial charge in [0, 0.05) is 25.1 Å². The van der Waals surface area contributed by atoms with Crippen LogP contribution in [0.2, 0.25) is 0 Å². The summed E-state index contributed by atoms with van der Waals surface area (Å²) in [6, 6.07) is 5.13. The SMILES string of the molecule is Cc1ccc(F)c(CNCCc2ncn[nH]2)c1. The molecule has 1 aromatic heterocycles. The molecule has 4 nitrogen and oxygen atoms in total. The third-order valence-corrected chi connectivity index (χ3v) is 2.52. The molecule has 0 spiro atoms. The Morgan fingerprint density at radius 1 is 1.41 bits per heavy atom. The van der Waals surface area contributed by atoms with Gasteiger partial charge >= 0.3 is 0 Å². The van der Waals surface area contributed by atoms with Crippen LogP contribution in [0.25, 0.3) is 0 Å². The number of benzene rings is 1. The molecular formula is C12H15FN4. The number of nitrogens with zero attached hydrogens (tertiary/aromatic N) is 2. The van der Waals surface area contributed by atoms with Gasteiger partial charge in [0.05, 0.1) is 0 Å². The second-order valence-corrected chi connectivity index (χ2v) is 3.95. The van der Waals surface area contributed by atoms with Gasteiger partial charge in [0.15, 0.2) is 0 Å². The number of halogens is 1. The summed E-state index contributed by atoms with van der Waals surface area (Å²) in [5, 5.41) is 9.72. The molecule has 0 radical (unpaired) electrons. The number of aromatic amines is 1. The summed E-state index contributed by atoms with van der Waals surface area (Å²) in [4.78, 5) is 4.01. The van der Waals surface area contributed by atoms with E-state index in [0.717, 1.165) is 24.4 Å². The van der Waals surface area contributed by atoms with Gasteiger partial charge in [0.25, 0.3) is 0 Å². The Balaban J connectivity index is 1.80. The highest BCUT2D eigenvalue weighted by Crippen LogP contribution is 2.09. The largest absolute Gasteiger partial charge is 0.312 e.